The van der Waals surface area contributed by atoms with Crippen molar-refractivity contribution in [3.8, 4) is 11.9 Å². The maximum Gasteiger partial charge on any atom is 0.271 e. The van der Waals surface area contributed by atoms with Gasteiger partial charge < -0.3 is 9.52 Å². The minimum atomic E-state index is -0.590. The van der Waals surface area contributed by atoms with Crippen LogP contribution in [0.3, 0.4) is 0 Å². The predicted molar refractivity (Wildman–Crippen MR) is 109 cm³/mol. The van der Waals surface area contributed by atoms with Crippen molar-refractivity contribution in [2.75, 3.05) is 0 Å². The predicted octanol–water partition coefficient (Wildman–Crippen LogP) is 4.58. The summed E-state index contributed by atoms with van der Waals surface area (Å²) < 4.78 is 7.68. The first-order valence-electron chi connectivity index (χ1n) is 8.91. The van der Waals surface area contributed by atoms with Crippen LogP contribution in [0.15, 0.2) is 31.9 Å². The van der Waals surface area contributed by atoms with Crippen molar-refractivity contribution >= 4 is 32.7 Å². The van der Waals surface area contributed by atoms with E-state index in [2.05, 4.69) is 15.9 Å². The van der Waals surface area contributed by atoms with Gasteiger partial charge >= 0.3 is 0 Å². The maximum absolute atomic E-state index is 13.3. The van der Waals surface area contributed by atoms with Crippen LogP contribution in [0.4, 0.5) is 0 Å². The molecule has 144 valence electrons. The highest BCUT2D eigenvalue weighted by molar-refractivity contribution is 9.10. The van der Waals surface area contributed by atoms with Crippen molar-refractivity contribution < 1.29 is 14.3 Å². The fourth-order valence-electron chi connectivity index (χ4n) is 3.28. The van der Waals surface area contributed by atoms with E-state index in [0.29, 0.717) is 17.6 Å². The molecule has 0 amide bonds. The largest absolute Gasteiger partial charge is 0.494 e. The third-order valence-electron chi connectivity index (χ3n) is 4.87. The summed E-state index contributed by atoms with van der Waals surface area (Å²) in [6, 6.07) is 7.31. The molecule has 0 radical (unpaired) electrons. The van der Waals surface area contributed by atoms with E-state index < -0.39 is 17.2 Å². The number of aromatic hydroxyl groups is 1. The van der Waals surface area contributed by atoms with Gasteiger partial charge in [0, 0.05) is 22.0 Å². The second-order valence-electron chi connectivity index (χ2n) is 6.65. The number of rotatable bonds is 5. The number of nitriles is 1. The van der Waals surface area contributed by atoms with Crippen LogP contribution in [0.2, 0.25) is 0 Å². The molecular weight excluding hydrogens is 424 g/mol. The molecule has 0 unspecified atom stereocenters. The van der Waals surface area contributed by atoms with Crippen LogP contribution in [-0.2, 0) is 6.54 Å². The molecule has 7 heteroatoms. The number of ketones is 1. The zero-order chi connectivity index (χ0) is 20.6. The van der Waals surface area contributed by atoms with E-state index in [-0.39, 0.29) is 29.0 Å². The Bertz CT molecular complexity index is 1200. The monoisotopic (exact) mass is 442 g/mol. The standard InChI is InChI=1S/C21H19BrN2O4/c1-4-5-8-24-20(26)15(10-23)11(2)17(21(24)27)18(25)19-12(3)14-7-6-13(22)9-16(14)28-19/h6-7,9,27H,4-5,8H2,1-3H3. The van der Waals surface area contributed by atoms with Crippen LogP contribution in [0.1, 0.15) is 52.6 Å². The zero-order valence-electron chi connectivity index (χ0n) is 15.8. The van der Waals surface area contributed by atoms with E-state index in [1.165, 1.54) is 6.92 Å². The summed E-state index contributed by atoms with van der Waals surface area (Å²) in [7, 11) is 0. The lowest BCUT2D eigenvalue weighted by Gasteiger charge is -2.14. The molecule has 0 aliphatic rings. The summed E-state index contributed by atoms with van der Waals surface area (Å²) in [4.78, 5) is 25.8. The SMILES string of the molecule is CCCCn1c(O)c(C(=O)c2oc3cc(Br)ccc3c2C)c(C)c(C#N)c1=O. The number of halogens is 1. The van der Waals surface area contributed by atoms with Crippen LogP contribution in [0.5, 0.6) is 5.88 Å². The fraction of sp³-hybridized carbons (Fsp3) is 0.286. The summed E-state index contributed by atoms with van der Waals surface area (Å²) in [5.74, 6) is -0.904. The highest BCUT2D eigenvalue weighted by atomic mass is 79.9. The Morgan fingerprint density at radius 3 is 2.68 bits per heavy atom. The Balaban J connectivity index is 2.26. The van der Waals surface area contributed by atoms with E-state index in [9.17, 15) is 20.0 Å². The van der Waals surface area contributed by atoms with Crippen molar-refractivity contribution in [1.82, 2.24) is 4.57 Å². The molecule has 0 saturated heterocycles. The summed E-state index contributed by atoms with van der Waals surface area (Å²) in [5, 5.41) is 20.9. The van der Waals surface area contributed by atoms with Crippen LogP contribution in [0.25, 0.3) is 11.0 Å². The Morgan fingerprint density at radius 1 is 1.32 bits per heavy atom. The molecule has 2 heterocycles. The number of hydrogen-bond acceptors (Lipinski definition) is 5. The molecule has 2 aromatic heterocycles. The van der Waals surface area contributed by atoms with Gasteiger partial charge in [0.05, 0.1) is 5.56 Å². The molecule has 0 fully saturated rings. The lowest BCUT2D eigenvalue weighted by Crippen LogP contribution is -2.27. The molecule has 0 bridgehead atoms. The number of aromatic nitrogens is 1. The van der Waals surface area contributed by atoms with Gasteiger partial charge in [-0.3, -0.25) is 14.2 Å². The minimum absolute atomic E-state index is 0.0755. The lowest BCUT2D eigenvalue weighted by molar-refractivity contribution is 0.100. The third kappa shape index (κ3) is 3.14. The van der Waals surface area contributed by atoms with Crippen molar-refractivity contribution in [2.24, 2.45) is 0 Å². The average molecular weight is 443 g/mol. The highest BCUT2D eigenvalue weighted by Gasteiger charge is 2.28. The van der Waals surface area contributed by atoms with Crippen LogP contribution >= 0.6 is 15.9 Å². The highest BCUT2D eigenvalue weighted by Crippen LogP contribution is 2.32. The molecule has 3 rings (SSSR count). The summed E-state index contributed by atoms with van der Waals surface area (Å²) in [6.07, 6.45) is 1.43. The van der Waals surface area contributed by atoms with Gasteiger partial charge in [0.15, 0.2) is 5.76 Å². The number of furan rings is 1. The molecule has 6 nitrogen and oxygen atoms in total. The number of nitrogens with zero attached hydrogens (tertiary/aromatic N) is 2. The third-order valence-corrected chi connectivity index (χ3v) is 5.36. The second kappa shape index (κ2) is 7.64. The minimum Gasteiger partial charge on any atom is -0.494 e. The number of aryl methyl sites for hydroxylation is 1. The molecule has 0 saturated carbocycles. The van der Waals surface area contributed by atoms with Crippen LogP contribution in [0, 0.1) is 25.2 Å². The Labute approximate surface area is 170 Å². The van der Waals surface area contributed by atoms with Gasteiger partial charge in [0.25, 0.3) is 5.56 Å². The summed E-state index contributed by atoms with van der Waals surface area (Å²) in [5.41, 5.74) is 0.516. The molecule has 1 N–H and O–H groups in total. The van der Waals surface area contributed by atoms with Crippen LogP contribution < -0.4 is 5.56 Å². The van der Waals surface area contributed by atoms with Crippen molar-refractivity contribution in [3.63, 3.8) is 0 Å². The molecule has 28 heavy (non-hydrogen) atoms. The topological polar surface area (TPSA) is 96.2 Å². The van der Waals surface area contributed by atoms with Gasteiger partial charge in [-0.15, -0.1) is 0 Å². The summed E-state index contributed by atoms with van der Waals surface area (Å²) >= 11 is 3.37. The van der Waals surface area contributed by atoms with E-state index in [0.717, 1.165) is 20.8 Å². The molecular formula is C21H19BrN2O4. The number of hydrogen-bond donors (Lipinski definition) is 1. The first kappa shape index (κ1) is 19.9. The van der Waals surface area contributed by atoms with Crippen molar-refractivity contribution in [3.05, 3.63) is 61.0 Å². The fourth-order valence-corrected chi connectivity index (χ4v) is 3.62. The zero-order valence-corrected chi connectivity index (χ0v) is 17.4. The maximum atomic E-state index is 13.3. The smallest absolute Gasteiger partial charge is 0.271 e. The van der Waals surface area contributed by atoms with Crippen LogP contribution in [-0.4, -0.2) is 15.5 Å². The summed E-state index contributed by atoms with van der Waals surface area (Å²) in [6.45, 7) is 5.43. The molecule has 0 aliphatic heterocycles. The van der Waals surface area contributed by atoms with Gasteiger partial charge in [0.1, 0.15) is 17.2 Å². The normalized spacial score (nSPS) is 11.0. The number of carbonyl (C=O) groups is 1. The number of carbonyl (C=O) groups excluding carboxylic acids is 1. The Morgan fingerprint density at radius 2 is 2.04 bits per heavy atom. The molecule has 0 atom stereocenters. The van der Waals surface area contributed by atoms with Crippen molar-refractivity contribution in [1.29, 1.82) is 5.26 Å². The van der Waals surface area contributed by atoms with Crippen molar-refractivity contribution in [2.45, 2.75) is 40.2 Å². The van der Waals surface area contributed by atoms with Gasteiger partial charge in [0.2, 0.25) is 11.7 Å². The lowest BCUT2D eigenvalue weighted by atomic mass is 9.98. The van der Waals surface area contributed by atoms with E-state index in [1.807, 2.05) is 25.1 Å². The van der Waals surface area contributed by atoms with Gasteiger partial charge in [-0.2, -0.15) is 5.26 Å². The van der Waals surface area contributed by atoms with E-state index >= 15 is 0 Å². The van der Waals surface area contributed by atoms with E-state index in [4.69, 9.17) is 4.42 Å². The number of unbranched alkanes of at least 4 members (excludes halogenated alkanes) is 1. The van der Waals surface area contributed by atoms with Gasteiger partial charge in [-0.25, -0.2) is 0 Å². The first-order chi connectivity index (χ1) is 13.3. The quantitative estimate of drug-likeness (QED) is 0.583. The molecule has 3 aromatic rings. The van der Waals surface area contributed by atoms with E-state index in [1.54, 1.807) is 13.0 Å². The molecule has 1 aromatic carbocycles. The number of fused-ring (bicyclic) bond motifs is 1. The first-order valence-corrected chi connectivity index (χ1v) is 9.70. The average Bonchev–Trinajstić information content (AvgIpc) is 2.97. The number of benzene rings is 1. The van der Waals surface area contributed by atoms with Gasteiger partial charge in [-0.05, 0) is 44.0 Å². The molecule has 0 aliphatic carbocycles. The Hall–Kier alpha value is -2.85. The Kier molecular flexibility index (Phi) is 5.43. The second-order valence-corrected chi connectivity index (χ2v) is 7.56. The molecule has 0 spiro atoms. The van der Waals surface area contributed by atoms with Gasteiger partial charge in [-0.1, -0.05) is 29.3 Å². The number of pyridine rings is 1.